The zero-order chi connectivity index (χ0) is 9.80. The lowest BCUT2D eigenvalue weighted by Gasteiger charge is -2.29. The first-order chi connectivity index (χ1) is 6.92. The molecule has 0 spiro atoms. The smallest absolute Gasteiger partial charge is 0.160 e. The fourth-order valence-corrected chi connectivity index (χ4v) is 1.93. The van der Waals surface area contributed by atoms with Crippen LogP contribution in [0.1, 0.15) is 19.3 Å². The van der Waals surface area contributed by atoms with Gasteiger partial charge in [0.05, 0.1) is 19.0 Å². The lowest BCUT2D eigenvalue weighted by molar-refractivity contribution is 0.410. The Morgan fingerprint density at radius 3 is 2.79 bits per heavy atom. The molecule has 0 atom stereocenters. The Labute approximate surface area is 84.7 Å². The first kappa shape index (κ1) is 9.31. The first-order valence-electron chi connectivity index (χ1n) is 5.15. The second-order valence-electron chi connectivity index (χ2n) is 3.60. The van der Waals surface area contributed by atoms with Crippen LogP contribution in [0.2, 0.25) is 0 Å². The summed E-state index contributed by atoms with van der Waals surface area (Å²) in [5.74, 6) is 0.884. The van der Waals surface area contributed by atoms with E-state index in [-0.39, 0.29) is 0 Å². The summed E-state index contributed by atoms with van der Waals surface area (Å²) in [4.78, 5) is 6.44. The minimum atomic E-state index is 0.884. The van der Waals surface area contributed by atoms with Crippen molar-refractivity contribution in [2.24, 2.45) is 0 Å². The van der Waals surface area contributed by atoms with Crippen molar-refractivity contribution < 1.29 is 4.74 Å². The highest BCUT2D eigenvalue weighted by Gasteiger charge is 2.14. The van der Waals surface area contributed by atoms with Crippen molar-refractivity contribution in [1.29, 1.82) is 0 Å². The number of nitrogens with zero attached hydrogens (tertiary/aromatic N) is 2. The SMILES string of the molecule is COc1cnccc1N1CCCCC1. The second-order valence-corrected chi connectivity index (χ2v) is 3.60. The number of aromatic nitrogens is 1. The van der Waals surface area contributed by atoms with E-state index in [2.05, 4.69) is 9.88 Å². The molecule has 1 fully saturated rings. The van der Waals surface area contributed by atoms with Gasteiger partial charge in [0, 0.05) is 19.3 Å². The van der Waals surface area contributed by atoms with E-state index in [1.807, 2.05) is 12.3 Å². The molecular weight excluding hydrogens is 176 g/mol. The molecular formula is C11H16N2O. The van der Waals surface area contributed by atoms with Gasteiger partial charge in [0.2, 0.25) is 0 Å². The van der Waals surface area contributed by atoms with E-state index in [0.29, 0.717) is 0 Å². The number of pyridine rings is 1. The number of anilines is 1. The Bertz CT molecular complexity index is 295. The molecule has 1 aliphatic heterocycles. The van der Waals surface area contributed by atoms with E-state index in [0.717, 1.165) is 18.8 Å². The van der Waals surface area contributed by atoms with Crippen LogP contribution in [0.25, 0.3) is 0 Å². The zero-order valence-corrected chi connectivity index (χ0v) is 8.57. The Hall–Kier alpha value is -1.25. The molecule has 0 N–H and O–H groups in total. The van der Waals surface area contributed by atoms with E-state index in [1.165, 1.54) is 24.9 Å². The minimum Gasteiger partial charge on any atom is -0.493 e. The average Bonchev–Trinajstić information content (AvgIpc) is 2.30. The summed E-state index contributed by atoms with van der Waals surface area (Å²) >= 11 is 0. The fourth-order valence-electron chi connectivity index (χ4n) is 1.93. The number of hydrogen-bond donors (Lipinski definition) is 0. The second kappa shape index (κ2) is 4.31. The van der Waals surface area contributed by atoms with Crippen LogP contribution < -0.4 is 9.64 Å². The summed E-state index contributed by atoms with van der Waals surface area (Å²) in [7, 11) is 1.70. The molecule has 0 bridgehead atoms. The predicted molar refractivity (Wildman–Crippen MR) is 56.9 cm³/mol. The molecule has 2 rings (SSSR count). The highest BCUT2D eigenvalue weighted by Crippen LogP contribution is 2.28. The Balaban J connectivity index is 2.20. The summed E-state index contributed by atoms with van der Waals surface area (Å²) in [6.07, 6.45) is 7.53. The van der Waals surface area contributed by atoms with Crippen molar-refractivity contribution in [1.82, 2.24) is 4.98 Å². The standard InChI is InChI=1S/C11H16N2O/c1-14-11-9-12-6-5-10(11)13-7-3-2-4-8-13/h5-6,9H,2-4,7-8H2,1H3. The maximum absolute atomic E-state index is 5.29. The van der Waals surface area contributed by atoms with Gasteiger partial charge in [0.15, 0.2) is 5.75 Å². The van der Waals surface area contributed by atoms with E-state index in [9.17, 15) is 0 Å². The van der Waals surface area contributed by atoms with Gasteiger partial charge in [0.25, 0.3) is 0 Å². The van der Waals surface area contributed by atoms with Gasteiger partial charge in [0.1, 0.15) is 0 Å². The van der Waals surface area contributed by atoms with Crippen molar-refractivity contribution >= 4 is 5.69 Å². The van der Waals surface area contributed by atoms with Crippen molar-refractivity contribution in [2.75, 3.05) is 25.1 Å². The van der Waals surface area contributed by atoms with E-state index >= 15 is 0 Å². The highest BCUT2D eigenvalue weighted by atomic mass is 16.5. The number of methoxy groups -OCH3 is 1. The first-order valence-corrected chi connectivity index (χ1v) is 5.15. The summed E-state index contributed by atoms with van der Waals surface area (Å²) in [6.45, 7) is 2.28. The third-order valence-electron chi connectivity index (χ3n) is 2.68. The van der Waals surface area contributed by atoms with Crippen LogP contribution in [-0.2, 0) is 0 Å². The molecule has 2 heterocycles. The third-order valence-corrected chi connectivity index (χ3v) is 2.68. The fraction of sp³-hybridized carbons (Fsp3) is 0.545. The van der Waals surface area contributed by atoms with Crippen molar-refractivity contribution in [2.45, 2.75) is 19.3 Å². The topological polar surface area (TPSA) is 25.4 Å². The molecule has 0 aromatic carbocycles. The molecule has 76 valence electrons. The number of piperidine rings is 1. The predicted octanol–water partition coefficient (Wildman–Crippen LogP) is 2.08. The minimum absolute atomic E-state index is 0.884. The van der Waals surface area contributed by atoms with Gasteiger partial charge in [-0.15, -0.1) is 0 Å². The van der Waals surface area contributed by atoms with Gasteiger partial charge in [-0.2, -0.15) is 0 Å². The van der Waals surface area contributed by atoms with Crippen LogP contribution in [0.3, 0.4) is 0 Å². The van der Waals surface area contributed by atoms with Gasteiger partial charge in [-0.05, 0) is 25.3 Å². The molecule has 0 radical (unpaired) electrons. The molecule has 1 aromatic rings. The van der Waals surface area contributed by atoms with Crippen LogP contribution in [0.15, 0.2) is 18.5 Å². The van der Waals surface area contributed by atoms with E-state index < -0.39 is 0 Å². The van der Waals surface area contributed by atoms with Gasteiger partial charge >= 0.3 is 0 Å². The summed E-state index contributed by atoms with van der Waals surface area (Å²) in [6, 6.07) is 2.03. The van der Waals surface area contributed by atoms with Crippen LogP contribution in [0.5, 0.6) is 5.75 Å². The molecule has 3 heteroatoms. The third kappa shape index (κ3) is 1.81. The molecule has 3 nitrogen and oxygen atoms in total. The molecule has 1 saturated heterocycles. The molecule has 0 unspecified atom stereocenters. The van der Waals surface area contributed by atoms with Gasteiger partial charge in [-0.1, -0.05) is 0 Å². The molecule has 0 saturated carbocycles. The average molecular weight is 192 g/mol. The van der Waals surface area contributed by atoms with Crippen LogP contribution in [0, 0.1) is 0 Å². The van der Waals surface area contributed by atoms with Gasteiger partial charge in [-0.25, -0.2) is 0 Å². The van der Waals surface area contributed by atoms with Gasteiger partial charge < -0.3 is 9.64 Å². The monoisotopic (exact) mass is 192 g/mol. The molecule has 14 heavy (non-hydrogen) atoms. The lowest BCUT2D eigenvalue weighted by atomic mass is 10.1. The van der Waals surface area contributed by atoms with Crippen LogP contribution >= 0.6 is 0 Å². The molecule has 0 aliphatic carbocycles. The van der Waals surface area contributed by atoms with E-state index in [4.69, 9.17) is 4.74 Å². The number of ether oxygens (including phenoxy) is 1. The van der Waals surface area contributed by atoms with Crippen molar-refractivity contribution in [3.05, 3.63) is 18.5 Å². The number of hydrogen-bond acceptors (Lipinski definition) is 3. The van der Waals surface area contributed by atoms with Crippen molar-refractivity contribution in [3.8, 4) is 5.75 Å². The zero-order valence-electron chi connectivity index (χ0n) is 8.57. The molecule has 1 aliphatic rings. The van der Waals surface area contributed by atoms with E-state index in [1.54, 1.807) is 13.3 Å². The Morgan fingerprint density at radius 1 is 1.29 bits per heavy atom. The Kier molecular flexibility index (Phi) is 2.87. The quantitative estimate of drug-likeness (QED) is 0.717. The van der Waals surface area contributed by atoms with Crippen LogP contribution in [0.4, 0.5) is 5.69 Å². The maximum Gasteiger partial charge on any atom is 0.160 e. The summed E-state index contributed by atoms with van der Waals surface area (Å²) in [5.41, 5.74) is 1.18. The van der Waals surface area contributed by atoms with Crippen LogP contribution in [-0.4, -0.2) is 25.2 Å². The highest BCUT2D eigenvalue weighted by molar-refractivity contribution is 5.57. The summed E-state index contributed by atoms with van der Waals surface area (Å²) in [5, 5.41) is 0. The molecule has 0 amide bonds. The lowest BCUT2D eigenvalue weighted by Crippen LogP contribution is -2.29. The van der Waals surface area contributed by atoms with Crippen molar-refractivity contribution in [3.63, 3.8) is 0 Å². The normalized spacial score (nSPS) is 16.8. The summed E-state index contributed by atoms with van der Waals surface area (Å²) < 4.78 is 5.29. The number of rotatable bonds is 2. The maximum atomic E-state index is 5.29. The molecule has 1 aromatic heterocycles. The largest absolute Gasteiger partial charge is 0.493 e. The van der Waals surface area contributed by atoms with Gasteiger partial charge in [-0.3, -0.25) is 4.98 Å². The Morgan fingerprint density at radius 2 is 2.07 bits per heavy atom.